The van der Waals surface area contributed by atoms with Crippen molar-refractivity contribution in [3.05, 3.63) is 0 Å². The number of amides is 1. The lowest BCUT2D eigenvalue weighted by atomic mass is 9.82. The van der Waals surface area contributed by atoms with E-state index in [1.54, 1.807) is 12.0 Å². The molecule has 0 aromatic carbocycles. The van der Waals surface area contributed by atoms with E-state index in [2.05, 4.69) is 13.8 Å². The van der Waals surface area contributed by atoms with Crippen LogP contribution in [-0.4, -0.2) is 48.7 Å². The molecule has 1 N–H and O–H groups in total. The van der Waals surface area contributed by atoms with Crippen molar-refractivity contribution in [2.45, 2.75) is 46.0 Å². The van der Waals surface area contributed by atoms with Crippen LogP contribution in [0.1, 0.15) is 46.0 Å². The zero-order valence-corrected chi connectivity index (χ0v) is 12.9. The highest BCUT2D eigenvalue weighted by Gasteiger charge is 2.43. The zero-order chi connectivity index (χ0) is 15.2. The molecule has 0 aromatic heterocycles. The SMILES string of the molecule is COCCN(CC(C)C)C(=O)CC1(C(=O)O)CCCC1. The van der Waals surface area contributed by atoms with Crippen molar-refractivity contribution in [1.82, 2.24) is 4.90 Å². The van der Waals surface area contributed by atoms with Crippen LogP contribution in [0.15, 0.2) is 0 Å². The average molecular weight is 285 g/mol. The lowest BCUT2D eigenvalue weighted by Gasteiger charge is -2.29. The Kier molecular flexibility index (Phi) is 6.46. The Labute approximate surface area is 121 Å². The quantitative estimate of drug-likeness (QED) is 0.742. The number of nitrogens with zero attached hydrogens (tertiary/aromatic N) is 1. The van der Waals surface area contributed by atoms with Crippen LogP contribution in [0.5, 0.6) is 0 Å². The number of hydrogen-bond acceptors (Lipinski definition) is 3. The Hall–Kier alpha value is -1.10. The fourth-order valence-corrected chi connectivity index (χ4v) is 2.88. The van der Waals surface area contributed by atoms with Gasteiger partial charge in [-0.1, -0.05) is 26.7 Å². The molecule has 0 atom stereocenters. The molecular weight excluding hydrogens is 258 g/mol. The van der Waals surface area contributed by atoms with Crippen LogP contribution in [0, 0.1) is 11.3 Å². The van der Waals surface area contributed by atoms with Gasteiger partial charge in [-0.05, 0) is 18.8 Å². The van der Waals surface area contributed by atoms with E-state index in [1.807, 2.05) is 0 Å². The topological polar surface area (TPSA) is 66.8 Å². The lowest BCUT2D eigenvalue weighted by Crippen LogP contribution is -2.41. The van der Waals surface area contributed by atoms with Crippen molar-refractivity contribution < 1.29 is 19.4 Å². The van der Waals surface area contributed by atoms with Gasteiger partial charge in [-0.15, -0.1) is 0 Å². The van der Waals surface area contributed by atoms with E-state index in [0.29, 0.717) is 38.5 Å². The monoisotopic (exact) mass is 285 g/mol. The van der Waals surface area contributed by atoms with Gasteiger partial charge < -0.3 is 14.7 Å². The van der Waals surface area contributed by atoms with Gasteiger partial charge in [0.2, 0.25) is 5.91 Å². The molecule has 0 aromatic rings. The van der Waals surface area contributed by atoms with Gasteiger partial charge in [-0.2, -0.15) is 0 Å². The molecule has 5 nitrogen and oxygen atoms in total. The van der Waals surface area contributed by atoms with Gasteiger partial charge in [0.25, 0.3) is 0 Å². The number of carboxylic acid groups (broad SMARTS) is 1. The van der Waals surface area contributed by atoms with Crippen LogP contribution in [0.25, 0.3) is 0 Å². The van der Waals surface area contributed by atoms with Crippen molar-refractivity contribution in [2.24, 2.45) is 11.3 Å². The summed E-state index contributed by atoms with van der Waals surface area (Å²) in [6, 6.07) is 0. The summed E-state index contributed by atoms with van der Waals surface area (Å²) < 4.78 is 5.04. The van der Waals surface area contributed by atoms with Crippen molar-refractivity contribution >= 4 is 11.9 Å². The van der Waals surface area contributed by atoms with Gasteiger partial charge in [0.15, 0.2) is 0 Å². The molecule has 0 unspecified atom stereocenters. The highest BCUT2D eigenvalue weighted by Crippen LogP contribution is 2.41. The fourth-order valence-electron chi connectivity index (χ4n) is 2.88. The second-order valence-corrected chi connectivity index (χ2v) is 6.20. The number of carbonyl (C=O) groups excluding carboxylic acids is 1. The van der Waals surface area contributed by atoms with Crippen LogP contribution in [-0.2, 0) is 14.3 Å². The van der Waals surface area contributed by atoms with Gasteiger partial charge in [-0.3, -0.25) is 9.59 Å². The highest BCUT2D eigenvalue weighted by molar-refractivity contribution is 5.85. The smallest absolute Gasteiger partial charge is 0.310 e. The number of aliphatic carboxylic acids is 1. The summed E-state index contributed by atoms with van der Waals surface area (Å²) in [5.74, 6) is -0.514. The molecular formula is C15H27NO4. The number of ether oxygens (including phenoxy) is 1. The van der Waals surface area contributed by atoms with E-state index >= 15 is 0 Å². The Morgan fingerprint density at radius 3 is 2.35 bits per heavy atom. The summed E-state index contributed by atoms with van der Waals surface area (Å²) in [6.07, 6.45) is 3.17. The van der Waals surface area contributed by atoms with Crippen molar-refractivity contribution in [3.63, 3.8) is 0 Å². The molecule has 116 valence electrons. The van der Waals surface area contributed by atoms with Gasteiger partial charge >= 0.3 is 5.97 Å². The first-order valence-corrected chi connectivity index (χ1v) is 7.41. The third-order valence-electron chi connectivity index (χ3n) is 4.01. The minimum atomic E-state index is -0.834. The van der Waals surface area contributed by atoms with Crippen LogP contribution in [0.4, 0.5) is 0 Å². The molecule has 1 amide bonds. The Morgan fingerprint density at radius 2 is 1.90 bits per heavy atom. The third kappa shape index (κ3) is 4.47. The summed E-state index contributed by atoms with van der Waals surface area (Å²) in [6.45, 7) is 5.77. The largest absolute Gasteiger partial charge is 0.481 e. The molecule has 0 radical (unpaired) electrons. The van der Waals surface area contributed by atoms with E-state index in [4.69, 9.17) is 4.74 Å². The molecule has 0 bridgehead atoms. The van der Waals surface area contributed by atoms with Gasteiger partial charge in [0.1, 0.15) is 0 Å². The molecule has 1 fully saturated rings. The van der Waals surface area contributed by atoms with Crippen LogP contribution in [0.3, 0.4) is 0 Å². The summed E-state index contributed by atoms with van der Waals surface area (Å²) in [4.78, 5) is 25.7. The number of carboxylic acids is 1. The first-order chi connectivity index (χ1) is 9.41. The molecule has 0 spiro atoms. The second-order valence-electron chi connectivity index (χ2n) is 6.20. The van der Waals surface area contributed by atoms with E-state index in [1.165, 1.54) is 0 Å². The summed E-state index contributed by atoms with van der Waals surface area (Å²) >= 11 is 0. The minimum Gasteiger partial charge on any atom is -0.481 e. The molecule has 1 rings (SSSR count). The van der Waals surface area contributed by atoms with Gasteiger partial charge in [0.05, 0.1) is 12.0 Å². The van der Waals surface area contributed by atoms with Crippen molar-refractivity contribution in [3.8, 4) is 0 Å². The van der Waals surface area contributed by atoms with E-state index in [-0.39, 0.29) is 12.3 Å². The molecule has 0 saturated heterocycles. The van der Waals surface area contributed by atoms with Crippen LogP contribution < -0.4 is 0 Å². The lowest BCUT2D eigenvalue weighted by molar-refractivity contribution is -0.153. The Balaban J connectivity index is 2.70. The number of methoxy groups -OCH3 is 1. The predicted octanol–water partition coefficient (Wildman–Crippen LogP) is 2.15. The van der Waals surface area contributed by atoms with Gasteiger partial charge in [-0.25, -0.2) is 0 Å². The maximum absolute atomic E-state index is 12.5. The first-order valence-electron chi connectivity index (χ1n) is 7.41. The van der Waals surface area contributed by atoms with Crippen molar-refractivity contribution in [2.75, 3.05) is 26.8 Å². The number of hydrogen-bond donors (Lipinski definition) is 1. The predicted molar refractivity (Wildman–Crippen MR) is 76.4 cm³/mol. The van der Waals surface area contributed by atoms with E-state index < -0.39 is 11.4 Å². The highest BCUT2D eigenvalue weighted by atomic mass is 16.5. The van der Waals surface area contributed by atoms with E-state index in [9.17, 15) is 14.7 Å². The Morgan fingerprint density at radius 1 is 1.30 bits per heavy atom. The summed E-state index contributed by atoms with van der Waals surface area (Å²) in [5, 5.41) is 9.46. The maximum atomic E-state index is 12.5. The van der Waals surface area contributed by atoms with Crippen LogP contribution in [0.2, 0.25) is 0 Å². The molecule has 1 aliphatic carbocycles. The zero-order valence-electron chi connectivity index (χ0n) is 12.9. The molecule has 1 aliphatic rings. The van der Waals surface area contributed by atoms with Gasteiger partial charge in [0, 0.05) is 26.6 Å². The molecule has 1 saturated carbocycles. The second kappa shape index (κ2) is 7.62. The molecule has 5 heteroatoms. The summed E-state index contributed by atoms with van der Waals surface area (Å²) in [5.41, 5.74) is -0.834. The Bertz CT molecular complexity index is 335. The van der Waals surface area contributed by atoms with E-state index in [0.717, 1.165) is 12.8 Å². The number of rotatable bonds is 8. The van der Waals surface area contributed by atoms with Crippen LogP contribution >= 0.6 is 0 Å². The van der Waals surface area contributed by atoms with Crippen molar-refractivity contribution in [1.29, 1.82) is 0 Å². The fraction of sp³-hybridized carbons (Fsp3) is 0.867. The average Bonchev–Trinajstić information content (AvgIpc) is 2.83. The standard InChI is InChI=1S/C15H27NO4/c1-12(2)11-16(8-9-20-3)13(17)10-15(14(18)19)6-4-5-7-15/h12H,4-11H2,1-3H3,(H,18,19). The molecule has 0 aliphatic heterocycles. The number of carbonyl (C=O) groups is 2. The maximum Gasteiger partial charge on any atom is 0.310 e. The normalized spacial score (nSPS) is 17.4. The molecule has 0 heterocycles. The summed E-state index contributed by atoms with van der Waals surface area (Å²) in [7, 11) is 1.60. The first kappa shape index (κ1) is 17.0. The third-order valence-corrected chi connectivity index (χ3v) is 4.01. The molecule has 20 heavy (non-hydrogen) atoms. The minimum absolute atomic E-state index is 0.0555.